The first kappa shape index (κ1) is 10.1. The lowest BCUT2D eigenvalue weighted by molar-refractivity contribution is 0.0897. The molecule has 0 aromatic carbocycles. The Kier molecular flexibility index (Phi) is 2.59. The summed E-state index contributed by atoms with van der Waals surface area (Å²) >= 11 is 0. The predicted molar refractivity (Wildman–Crippen MR) is 62.4 cm³/mol. The minimum atomic E-state index is 0.419. The number of hydrogen-bond acceptors (Lipinski definition) is 3. The smallest absolute Gasteiger partial charge is 0.203 e. The van der Waals surface area contributed by atoms with E-state index in [1.165, 1.54) is 12.8 Å². The molecule has 1 aromatic heterocycles. The summed E-state index contributed by atoms with van der Waals surface area (Å²) in [7, 11) is 0. The second kappa shape index (κ2) is 4.09. The molecule has 1 aliphatic carbocycles. The van der Waals surface area contributed by atoms with Gasteiger partial charge in [0.1, 0.15) is 0 Å². The van der Waals surface area contributed by atoms with Crippen LogP contribution in [-0.2, 0) is 11.3 Å². The van der Waals surface area contributed by atoms with E-state index in [1.54, 1.807) is 0 Å². The van der Waals surface area contributed by atoms with Gasteiger partial charge >= 0.3 is 0 Å². The monoisotopic (exact) mass is 221 g/mol. The van der Waals surface area contributed by atoms with Crippen molar-refractivity contribution in [3.63, 3.8) is 0 Å². The molecular weight excluding hydrogens is 202 g/mol. The highest BCUT2D eigenvalue weighted by Crippen LogP contribution is 2.39. The van der Waals surface area contributed by atoms with E-state index in [-0.39, 0.29) is 0 Å². The Balaban J connectivity index is 1.69. The zero-order chi connectivity index (χ0) is 11.0. The molecule has 4 heteroatoms. The molecule has 0 amide bonds. The molecule has 1 aliphatic heterocycles. The Labute approximate surface area is 96.0 Å². The molecule has 1 aromatic rings. The number of rotatable bonds is 4. The van der Waals surface area contributed by atoms with E-state index in [9.17, 15) is 0 Å². The summed E-state index contributed by atoms with van der Waals surface area (Å²) in [6.07, 6.45) is 8.08. The van der Waals surface area contributed by atoms with Gasteiger partial charge < -0.3 is 14.6 Å². The Morgan fingerprint density at radius 2 is 2.38 bits per heavy atom. The first-order chi connectivity index (χ1) is 7.88. The molecule has 2 aliphatic rings. The van der Waals surface area contributed by atoms with Crippen LogP contribution >= 0.6 is 0 Å². The third-order valence-corrected chi connectivity index (χ3v) is 3.59. The lowest BCUT2D eigenvalue weighted by Crippen LogP contribution is -2.32. The molecule has 0 spiro atoms. The molecule has 1 saturated carbocycles. The highest BCUT2D eigenvalue weighted by Gasteiger charge is 2.40. The molecule has 88 valence electrons. The Bertz CT molecular complexity index is 359. The van der Waals surface area contributed by atoms with Crippen molar-refractivity contribution in [2.75, 3.05) is 11.9 Å². The van der Waals surface area contributed by atoms with E-state index >= 15 is 0 Å². The van der Waals surface area contributed by atoms with E-state index in [1.807, 2.05) is 12.4 Å². The van der Waals surface area contributed by atoms with E-state index in [4.69, 9.17) is 4.74 Å². The summed E-state index contributed by atoms with van der Waals surface area (Å²) < 4.78 is 7.95. The average Bonchev–Trinajstić information content (AvgIpc) is 2.88. The van der Waals surface area contributed by atoms with Crippen LogP contribution in [0.2, 0.25) is 0 Å². The average molecular weight is 221 g/mol. The van der Waals surface area contributed by atoms with Crippen LogP contribution < -0.4 is 5.32 Å². The van der Waals surface area contributed by atoms with Crippen LogP contribution in [-0.4, -0.2) is 28.3 Å². The SMILES string of the molecule is CCn1ccnc1NC1CCOC1C1CC1. The molecule has 2 unspecified atom stereocenters. The molecule has 0 bridgehead atoms. The lowest BCUT2D eigenvalue weighted by Gasteiger charge is -2.20. The molecule has 1 N–H and O–H groups in total. The summed E-state index contributed by atoms with van der Waals surface area (Å²) in [5.41, 5.74) is 0. The van der Waals surface area contributed by atoms with Crippen LogP contribution in [0.15, 0.2) is 12.4 Å². The second-order valence-corrected chi connectivity index (χ2v) is 4.75. The fourth-order valence-corrected chi connectivity index (χ4v) is 2.53. The van der Waals surface area contributed by atoms with Gasteiger partial charge in [-0.15, -0.1) is 0 Å². The predicted octanol–water partition coefficient (Wildman–Crippen LogP) is 1.88. The quantitative estimate of drug-likeness (QED) is 0.843. The molecule has 2 atom stereocenters. The Hall–Kier alpha value is -1.03. The van der Waals surface area contributed by atoms with Crippen molar-refractivity contribution in [2.45, 2.75) is 44.9 Å². The maximum Gasteiger partial charge on any atom is 0.203 e. The Morgan fingerprint density at radius 1 is 1.50 bits per heavy atom. The van der Waals surface area contributed by atoms with Gasteiger partial charge in [-0.3, -0.25) is 0 Å². The molecule has 4 nitrogen and oxygen atoms in total. The molecule has 2 heterocycles. The van der Waals surface area contributed by atoms with E-state index < -0.39 is 0 Å². The van der Waals surface area contributed by atoms with Crippen LogP contribution in [0.1, 0.15) is 26.2 Å². The van der Waals surface area contributed by atoms with Gasteiger partial charge in [0.2, 0.25) is 5.95 Å². The number of hydrogen-bond donors (Lipinski definition) is 1. The molecule has 2 fully saturated rings. The van der Waals surface area contributed by atoms with Crippen molar-refractivity contribution in [1.29, 1.82) is 0 Å². The largest absolute Gasteiger partial charge is 0.376 e. The maximum absolute atomic E-state index is 5.81. The van der Waals surface area contributed by atoms with Crippen molar-refractivity contribution in [3.05, 3.63) is 12.4 Å². The molecular formula is C12H19N3O. The molecule has 16 heavy (non-hydrogen) atoms. The first-order valence-electron chi connectivity index (χ1n) is 6.27. The number of anilines is 1. The first-order valence-corrected chi connectivity index (χ1v) is 6.27. The summed E-state index contributed by atoms with van der Waals surface area (Å²) in [5, 5.41) is 3.54. The minimum absolute atomic E-state index is 0.419. The van der Waals surface area contributed by atoms with Crippen LogP contribution in [0.3, 0.4) is 0 Å². The van der Waals surface area contributed by atoms with E-state index in [0.717, 1.165) is 31.4 Å². The van der Waals surface area contributed by atoms with Crippen molar-refractivity contribution in [3.8, 4) is 0 Å². The summed E-state index contributed by atoms with van der Waals surface area (Å²) in [4.78, 5) is 4.36. The highest BCUT2D eigenvalue weighted by molar-refractivity contribution is 5.29. The third kappa shape index (κ3) is 1.82. The van der Waals surface area contributed by atoms with Crippen molar-refractivity contribution in [2.24, 2.45) is 5.92 Å². The number of nitrogens with zero attached hydrogens (tertiary/aromatic N) is 2. The zero-order valence-electron chi connectivity index (χ0n) is 9.72. The number of imidazole rings is 1. The van der Waals surface area contributed by atoms with Crippen molar-refractivity contribution < 1.29 is 4.74 Å². The zero-order valence-corrected chi connectivity index (χ0v) is 9.72. The van der Waals surface area contributed by atoms with E-state index in [2.05, 4.69) is 21.8 Å². The van der Waals surface area contributed by atoms with Crippen molar-refractivity contribution in [1.82, 2.24) is 9.55 Å². The minimum Gasteiger partial charge on any atom is -0.376 e. The Morgan fingerprint density at radius 3 is 3.12 bits per heavy atom. The fraction of sp³-hybridized carbons (Fsp3) is 0.750. The normalized spacial score (nSPS) is 29.6. The standard InChI is InChI=1S/C12H19N3O/c1-2-15-7-6-13-12(15)14-10-5-8-16-11(10)9-3-4-9/h6-7,9-11H,2-5,8H2,1H3,(H,13,14). The summed E-state index contributed by atoms with van der Waals surface area (Å²) in [6.45, 7) is 3.99. The topological polar surface area (TPSA) is 39.1 Å². The van der Waals surface area contributed by atoms with Gasteiger partial charge in [-0.05, 0) is 32.1 Å². The van der Waals surface area contributed by atoms with Gasteiger partial charge in [-0.1, -0.05) is 0 Å². The van der Waals surface area contributed by atoms with Gasteiger partial charge in [0.15, 0.2) is 0 Å². The third-order valence-electron chi connectivity index (χ3n) is 3.59. The van der Waals surface area contributed by atoms with Crippen LogP contribution in [0, 0.1) is 5.92 Å². The molecule has 1 saturated heterocycles. The number of aryl methyl sites for hydroxylation is 1. The van der Waals surface area contributed by atoms with Crippen LogP contribution in [0.4, 0.5) is 5.95 Å². The molecule has 3 rings (SSSR count). The number of aromatic nitrogens is 2. The van der Waals surface area contributed by atoms with E-state index in [0.29, 0.717) is 12.1 Å². The van der Waals surface area contributed by atoms with Crippen LogP contribution in [0.25, 0.3) is 0 Å². The van der Waals surface area contributed by atoms with Gasteiger partial charge in [-0.2, -0.15) is 0 Å². The van der Waals surface area contributed by atoms with Gasteiger partial charge in [0.25, 0.3) is 0 Å². The summed E-state index contributed by atoms with van der Waals surface area (Å²) in [5.74, 6) is 1.79. The van der Waals surface area contributed by atoms with Crippen LogP contribution in [0.5, 0.6) is 0 Å². The van der Waals surface area contributed by atoms with Gasteiger partial charge in [0.05, 0.1) is 12.1 Å². The second-order valence-electron chi connectivity index (χ2n) is 4.75. The number of ether oxygens (including phenoxy) is 1. The highest BCUT2D eigenvalue weighted by atomic mass is 16.5. The van der Waals surface area contributed by atoms with Gasteiger partial charge in [-0.25, -0.2) is 4.98 Å². The molecule has 0 radical (unpaired) electrons. The van der Waals surface area contributed by atoms with Gasteiger partial charge in [0, 0.05) is 25.5 Å². The summed E-state index contributed by atoms with van der Waals surface area (Å²) in [6, 6.07) is 0.459. The maximum atomic E-state index is 5.81. The lowest BCUT2D eigenvalue weighted by atomic mass is 10.1. The number of nitrogens with one attached hydrogen (secondary N) is 1. The fourth-order valence-electron chi connectivity index (χ4n) is 2.53. The van der Waals surface area contributed by atoms with Crippen molar-refractivity contribution >= 4 is 5.95 Å².